The largest absolute Gasteiger partial charge is 0.451 e. The van der Waals surface area contributed by atoms with Gasteiger partial charge in [-0.25, -0.2) is 4.79 Å². The zero-order valence-electron chi connectivity index (χ0n) is 25.1. The summed E-state index contributed by atoms with van der Waals surface area (Å²) in [5.74, 6) is -2.75. The number of carbonyl (C=O) groups is 3. The minimum atomic E-state index is -1.55. The van der Waals surface area contributed by atoms with E-state index in [9.17, 15) is 19.5 Å². The highest BCUT2D eigenvalue weighted by molar-refractivity contribution is 5.97. The second-order valence-electron chi connectivity index (χ2n) is 14.2. The van der Waals surface area contributed by atoms with Crippen molar-refractivity contribution in [3.05, 3.63) is 47.2 Å². The summed E-state index contributed by atoms with van der Waals surface area (Å²) in [6, 6.07) is 8.37. The van der Waals surface area contributed by atoms with Crippen LogP contribution in [0.25, 0.3) is 10.9 Å². The number of rotatable bonds is 3. The van der Waals surface area contributed by atoms with Crippen LogP contribution in [0.2, 0.25) is 0 Å². The smallest absolute Gasteiger partial charge is 0.350 e. The van der Waals surface area contributed by atoms with Crippen molar-refractivity contribution >= 4 is 28.6 Å². The zero-order chi connectivity index (χ0) is 30.1. The number of ketones is 1. The molecule has 3 fully saturated rings. The van der Waals surface area contributed by atoms with Crippen molar-refractivity contribution in [2.24, 2.45) is 11.3 Å². The molecule has 1 saturated heterocycles. The first-order valence-electron chi connectivity index (χ1n) is 14.9. The molecule has 5 aliphatic rings. The Hall–Kier alpha value is -3.01. The first kappa shape index (κ1) is 27.8. The first-order valence-corrected chi connectivity index (χ1v) is 14.9. The molecular weight excluding hydrogens is 538 g/mol. The molecule has 7 atom stereocenters. The van der Waals surface area contributed by atoms with Gasteiger partial charge in [-0.1, -0.05) is 32.0 Å². The Kier molecular flexibility index (Phi) is 5.51. The van der Waals surface area contributed by atoms with Gasteiger partial charge in [0.15, 0.2) is 23.3 Å². The number of carbonyl (C=O) groups excluding carboxylic acids is 3. The molecule has 3 heterocycles. The summed E-state index contributed by atoms with van der Waals surface area (Å²) in [4.78, 5) is 42.1. The summed E-state index contributed by atoms with van der Waals surface area (Å²) in [7, 11) is 0. The van der Waals surface area contributed by atoms with Gasteiger partial charge in [-0.15, -0.1) is 0 Å². The summed E-state index contributed by atoms with van der Waals surface area (Å²) in [5.41, 5.74) is -1.22. The number of hydrogen-bond acceptors (Lipinski definition) is 8. The third-order valence-corrected chi connectivity index (χ3v) is 11.5. The number of ether oxygens (including phenoxy) is 4. The van der Waals surface area contributed by atoms with Crippen LogP contribution in [0.4, 0.5) is 0 Å². The van der Waals surface area contributed by atoms with E-state index in [1.54, 1.807) is 6.92 Å². The average molecular weight is 578 g/mol. The predicted octanol–water partition coefficient (Wildman–Crippen LogP) is 4.19. The summed E-state index contributed by atoms with van der Waals surface area (Å²) >= 11 is 0. The molecule has 2 aromatic rings. The second-order valence-corrected chi connectivity index (χ2v) is 14.2. The molecule has 7 rings (SSSR count). The highest BCUT2D eigenvalue weighted by Crippen LogP contribution is 2.71. The van der Waals surface area contributed by atoms with E-state index in [0.29, 0.717) is 30.8 Å². The Morgan fingerprint density at radius 3 is 2.60 bits per heavy atom. The Morgan fingerprint density at radius 1 is 1.12 bits per heavy atom. The summed E-state index contributed by atoms with van der Waals surface area (Å²) < 4.78 is 23.8. The number of fused-ring (bicyclic) bond motifs is 9. The highest BCUT2D eigenvalue weighted by atomic mass is 16.7. The average Bonchev–Trinajstić information content (AvgIpc) is 3.43. The molecule has 0 radical (unpaired) electrons. The van der Waals surface area contributed by atoms with Crippen molar-refractivity contribution in [2.75, 3.05) is 6.61 Å². The number of benzene rings is 1. The van der Waals surface area contributed by atoms with E-state index in [2.05, 4.69) is 37.0 Å². The lowest BCUT2D eigenvalue weighted by atomic mass is 9.42. The number of hydrogen-bond donors (Lipinski definition) is 2. The van der Waals surface area contributed by atoms with Crippen molar-refractivity contribution in [3.8, 4) is 0 Å². The van der Waals surface area contributed by atoms with E-state index in [4.69, 9.17) is 18.9 Å². The zero-order valence-corrected chi connectivity index (χ0v) is 25.1. The van der Waals surface area contributed by atoms with Gasteiger partial charge in [0, 0.05) is 46.3 Å². The van der Waals surface area contributed by atoms with E-state index in [1.165, 1.54) is 43.5 Å². The number of esters is 2. The first-order chi connectivity index (χ1) is 19.6. The Labute approximate surface area is 244 Å². The molecule has 2 bridgehead atoms. The van der Waals surface area contributed by atoms with E-state index >= 15 is 0 Å². The SMILES string of the molecule is CC(=O)OC(C)(C)C(=O)O[C@@]1(C)CO[C@@]23CC[C@@]4(C)[C@@](O)(CC[C@H]5Cc6c([nH]c7ccccc67)[C@@]54C)C2=CC(=O)[C@@H]1O3. The molecular formula is C33H39NO8. The van der Waals surface area contributed by atoms with E-state index in [0.717, 1.165) is 18.4 Å². The van der Waals surface area contributed by atoms with Gasteiger partial charge < -0.3 is 29.0 Å². The number of aromatic amines is 1. The minimum absolute atomic E-state index is 0.110. The van der Waals surface area contributed by atoms with Crippen LogP contribution in [0, 0.1) is 11.3 Å². The molecule has 2 saturated carbocycles. The summed E-state index contributed by atoms with van der Waals surface area (Å²) in [6.45, 7) is 10.00. The molecule has 42 heavy (non-hydrogen) atoms. The quantitative estimate of drug-likeness (QED) is 0.521. The van der Waals surface area contributed by atoms with Crippen LogP contribution in [0.1, 0.15) is 78.5 Å². The van der Waals surface area contributed by atoms with Crippen LogP contribution in [-0.2, 0) is 45.2 Å². The van der Waals surface area contributed by atoms with Crippen LogP contribution in [0.15, 0.2) is 35.9 Å². The molecule has 2 aliphatic heterocycles. The molecule has 1 aromatic carbocycles. The molecule has 224 valence electrons. The van der Waals surface area contributed by atoms with Gasteiger partial charge >= 0.3 is 11.9 Å². The third kappa shape index (κ3) is 3.27. The van der Waals surface area contributed by atoms with Crippen molar-refractivity contribution in [1.82, 2.24) is 4.98 Å². The van der Waals surface area contributed by atoms with Crippen LogP contribution in [0.3, 0.4) is 0 Å². The predicted molar refractivity (Wildman–Crippen MR) is 151 cm³/mol. The number of nitrogens with one attached hydrogen (secondary N) is 1. The van der Waals surface area contributed by atoms with Gasteiger partial charge in [0.05, 0.1) is 12.2 Å². The molecule has 9 nitrogen and oxygen atoms in total. The van der Waals surface area contributed by atoms with Crippen LogP contribution >= 0.6 is 0 Å². The summed E-state index contributed by atoms with van der Waals surface area (Å²) in [5, 5.41) is 14.1. The second kappa shape index (κ2) is 8.33. The number of H-pyrrole nitrogens is 1. The van der Waals surface area contributed by atoms with Crippen molar-refractivity contribution < 1.29 is 38.4 Å². The topological polar surface area (TPSA) is 124 Å². The number of aromatic nitrogens is 1. The molecule has 0 unspecified atom stereocenters. The van der Waals surface area contributed by atoms with E-state index in [-0.39, 0.29) is 17.8 Å². The molecule has 2 N–H and O–H groups in total. The Bertz CT molecular complexity index is 1590. The molecule has 1 aromatic heterocycles. The fraction of sp³-hybridized carbons (Fsp3) is 0.606. The van der Waals surface area contributed by atoms with Crippen LogP contribution in [-0.4, -0.2) is 63.1 Å². The molecule has 0 amide bonds. The van der Waals surface area contributed by atoms with Gasteiger partial charge in [-0.3, -0.25) is 9.59 Å². The van der Waals surface area contributed by atoms with Crippen molar-refractivity contribution in [1.29, 1.82) is 0 Å². The Balaban J connectivity index is 1.26. The lowest BCUT2D eigenvalue weighted by Crippen LogP contribution is -2.74. The highest BCUT2D eigenvalue weighted by Gasteiger charge is 2.74. The van der Waals surface area contributed by atoms with Gasteiger partial charge in [-0.2, -0.15) is 0 Å². The van der Waals surface area contributed by atoms with E-state index < -0.39 is 46.0 Å². The molecule has 1 spiro atoms. The lowest BCUT2D eigenvalue weighted by molar-refractivity contribution is -0.351. The van der Waals surface area contributed by atoms with Crippen LogP contribution < -0.4 is 0 Å². The standard InChI is InChI=1S/C33H39NO8/c1-18(35)40-28(2,3)27(37)42-29(4)17-39-33-14-13-30(5)31(6)19(15-21-20-9-7-8-10-22(20)34-25(21)31)11-12-32(30,38)24(33)16-23(36)26(29)41-33/h7-10,16,19,26,34,38H,11-15,17H2,1-6H3/t19-,26-,29-,30+,31+,32+,33+/m0/s1. The lowest BCUT2D eigenvalue weighted by Gasteiger charge is -2.67. The minimum Gasteiger partial charge on any atom is -0.451 e. The normalized spacial score (nSPS) is 40.4. The fourth-order valence-corrected chi connectivity index (χ4v) is 9.06. The van der Waals surface area contributed by atoms with Gasteiger partial charge in [-0.05, 0) is 70.1 Å². The van der Waals surface area contributed by atoms with Crippen molar-refractivity contribution in [2.45, 2.75) is 108 Å². The molecule has 3 aliphatic carbocycles. The van der Waals surface area contributed by atoms with Gasteiger partial charge in [0.2, 0.25) is 5.60 Å². The maximum absolute atomic E-state index is 13.8. The number of para-hydroxylation sites is 1. The maximum Gasteiger partial charge on any atom is 0.350 e. The van der Waals surface area contributed by atoms with E-state index in [1.807, 2.05) is 6.07 Å². The monoisotopic (exact) mass is 577 g/mol. The molecule has 9 heteroatoms. The third-order valence-electron chi connectivity index (χ3n) is 11.5. The van der Waals surface area contributed by atoms with Gasteiger partial charge in [0.25, 0.3) is 0 Å². The summed E-state index contributed by atoms with van der Waals surface area (Å²) in [6.07, 6.45) is 3.67. The maximum atomic E-state index is 13.8. The van der Waals surface area contributed by atoms with Crippen LogP contribution in [0.5, 0.6) is 0 Å². The Morgan fingerprint density at radius 2 is 1.86 bits per heavy atom. The fourth-order valence-electron chi connectivity index (χ4n) is 9.06. The van der Waals surface area contributed by atoms with Crippen molar-refractivity contribution in [3.63, 3.8) is 0 Å². The van der Waals surface area contributed by atoms with Gasteiger partial charge in [0.1, 0.15) is 0 Å². The number of aliphatic hydroxyl groups is 1.